The van der Waals surface area contributed by atoms with Gasteiger partial charge in [0.25, 0.3) is 5.91 Å². The molecule has 0 radical (unpaired) electrons. The summed E-state index contributed by atoms with van der Waals surface area (Å²) >= 11 is 0. The lowest BCUT2D eigenvalue weighted by molar-refractivity contribution is -0.124. The van der Waals surface area contributed by atoms with Crippen LogP contribution in [0.5, 0.6) is 0 Å². The van der Waals surface area contributed by atoms with Gasteiger partial charge in [0.15, 0.2) is 6.61 Å². The van der Waals surface area contributed by atoms with E-state index in [1.54, 1.807) is 6.07 Å². The number of carbonyl (C=O) groups excluding carboxylic acids is 2. The quantitative estimate of drug-likeness (QED) is 0.512. The van der Waals surface area contributed by atoms with Gasteiger partial charge in [-0.05, 0) is 35.4 Å². The van der Waals surface area contributed by atoms with Gasteiger partial charge in [0, 0.05) is 10.9 Å². The molecule has 0 aliphatic rings. The Morgan fingerprint density at radius 1 is 0.964 bits per heavy atom. The summed E-state index contributed by atoms with van der Waals surface area (Å²) in [6.07, 6.45) is 0. The summed E-state index contributed by atoms with van der Waals surface area (Å²) in [5.74, 6) is -0.894. The summed E-state index contributed by atoms with van der Waals surface area (Å²) in [7, 11) is 0. The number of amides is 1. The first kappa shape index (κ1) is 17.8. The molecule has 1 heterocycles. The van der Waals surface area contributed by atoms with Crippen molar-refractivity contribution in [1.82, 2.24) is 10.3 Å². The Kier molecular flexibility index (Phi) is 4.81. The van der Waals surface area contributed by atoms with Crippen molar-refractivity contribution in [3.8, 4) is 0 Å². The van der Waals surface area contributed by atoms with Gasteiger partial charge in [0.05, 0.1) is 6.04 Å². The van der Waals surface area contributed by atoms with Crippen molar-refractivity contribution in [2.75, 3.05) is 6.61 Å². The molecule has 2 N–H and O–H groups in total. The number of hydrogen-bond acceptors (Lipinski definition) is 3. The summed E-state index contributed by atoms with van der Waals surface area (Å²) in [6.45, 7) is 1.59. The maximum Gasteiger partial charge on any atom is 0.355 e. The maximum absolute atomic E-state index is 12.3. The Morgan fingerprint density at radius 3 is 2.50 bits per heavy atom. The molecule has 1 aromatic heterocycles. The minimum Gasteiger partial charge on any atom is -0.451 e. The van der Waals surface area contributed by atoms with Crippen molar-refractivity contribution >= 4 is 33.6 Å². The number of benzene rings is 3. The molecule has 0 unspecified atom stereocenters. The monoisotopic (exact) mass is 372 g/mol. The third-order valence-corrected chi connectivity index (χ3v) is 4.75. The molecule has 3 aromatic carbocycles. The first-order valence-electron chi connectivity index (χ1n) is 9.14. The van der Waals surface area contributed by atoms with Crippen LogP contribution in [-0.2, 0) is 9.53 Å². The van der Waals surface area contributed by atoms with Crippen LogP contribution >= 0.6 is 0 Å². The molecule has 0 fully saturated rings. The average molecular weight is 372 g/mol. The van der Waals surface area contributed by atoms with Gasteiger partial charge >= 0.3 is 5.97 Å². The number of H-pyrrole nitrogens is 1. The molecule has 1 atom stereocenters. The predicted octanol–water partition coefficient (Wildman–Crippen LogP) is 4.36. The van der Waals surface area contributed by atoms with Gasteiger partial charge in [0.1, 0.15) is 5.69 Å². The standard InChI is InChI=1S/C23H20N2O3/c1-15(18-11-6-9-16-7-2-4-10-19(16)18)24-22(26)14-28-23(27)21-13-17-8-3-5-12-20(17)25-21/h2-13,15,25H,14H2,1H3,(H,24,26)/t15-/m1/s1. The Morgan fingerprint density at radius 2 is 1.68 bits per heavy atom. The van der Waals surface area contributed by atoms with E-state index < -0.39 is 5.97 Å². The highest BCUT2D eigenvalue weighted by molar-refractivity contribution is 5.95. The lowest BCUT2D eigenvalue weighted by Gasteiger charge is -2.16. The summed E-state index contributed by atoms with van der Waals surface area (Å²) in [4.78, 5) is 27.5. The fourth-order valence-corrected chi connectivity index (χ4v) is 3.38. The van der Waals surface area contributed by atoms with E-state index >= 15 is 0 Å². The molecule has 0 spiro atoms. The van der Waals surface area contributed by atoms with Crippen molar-refractivity contribution < 1.29 is 14.3 Å². The second-order valence-corrected chi connectivity index (χ2v) is 6.70. The SMILES string of the molecule is C[C@@H](NC(=O)COC(=O)c1cc2ccccc2[nH]1)c1cccc2ccccc12. The van der Waals surface area contributed by atoms with Gasteiger partial charge < -0.3 is 15.0 Å². The third-order valence-electron chi connectivity index (χ3n) is 4.75. The predicted molar refractivity (Wildman–Crippen MR) is 109 cm³/mol. The van der Waals surface area contributed by atoms with Gasteiger partial charge in [-0.15, -0.1) is 0 Å². The van der Waals surface area contributed by atoms with Gasteiger partial charge in [-0.1, -0.05) is 60.7 Å². The van der Waals surface area contributed by atoms with Crippen LogP contribution in [0.25, 0.3) is 21.7 Å². The Hall–Kier alpha value is -3.60. The van der Waals surface area contributed by atoms with Crippen LogP contribution in [0.1, 0.15) is 29.0 Å². The van der Waals surface area contributed by atoms with Crippen molar-refractivity contribution in [2.24, 2.45) is 0 Å². The zero-order valence-corrected chi connectivity index (χ0v) is 15.4. The van der Waals surface area contributed by atoms with E-state index in [1.807, 2.05) is 73.7 Å². The van der Waals surface area contributed by atoms with Crippen molar-refractivity contribution in [3.63, 3.8) is 0 Å². The second kappa shape index (κ2) is 7.56. The zero-order chi connectivity index (χ0) is 19.5. The van der Waals surface area contributed by atoms with Crippen molar-refractivity contribution in [3.05, 3.63) is 84.1 Å². The van der Waals surface area contributed by atoms with Crippen molar-refractivity contribution in [2.45, 2.75) is 13.0 Å². The number of hydrogen-bond donors (Lipinski definition) is 2. The molecule has 4 rings (SSSR count). The number of aromatic amines is 1. The van der Waals surface area contributed by atoms with E-state index in [-0.39, 0.29) is 18.6 Å². The molecule has 28 heavy (non-hydrogen) atoms. The molecule has 4 aromatic rings. The van der Waals surface area contributed by atoms with Gasteiger partial charge in [-0.2, -0.15) is 0 Å². The van der Waals surface area contributed by atoms with Gasteiger partial charge in [-0.3, -0.25) is 4.79 Å². The van der Waals surface area contributed by atoms with E-state index in [2.05, 4.69) is 10.3 Å². The molecule has 0 saturated carbocycles. The number of fused-ring (bicyclic) bond motifs is 2. The maximum atomic E-state index is 12.3. The highest BCUT2D eigenvalue weighted by atomic mass is 16.5. The normalized spacial score (nSPS) is 12.0. The Balaban J connectivity index is 1.39. The van der Waals surface area contributed by atoms with E-state index in [0.29, 0.717) is 5.69 Å². The van der Waals surface area contributed by atoms with Crippen LogP contribution in [0.4, 0.5) is 0 Å². The first-order valence-corrected chi connectivity index (χ1v) is 9.14. The largest absolute Gasteiger partial charge is 0.451 e. The molecule has 0 aliphatic heterocycles. The number of aromatic nitrogens is 1. The number of esters is 1. The fourth-order valence-electron chi connectivity index (χ4n) is 3.38. The van der Waals surface area contributed by atoms with Crippen molar-refractivity contribution in [1.29, 1.82) is 0 Å². The van der Waals surface area contributed by atoms with E-state index in [4.69, 9.17) is 4.74 Å². The van der Waals surface area contributed by atoms with Crippen LogP contribution in [-0.4, -0.2) is 23.5 Å². The summed E-state index contributed by atoms with van der Waals surface area (Å²) in [5, 5.41) is 6.02. The number of ether oxygens (including phenoxy) is 1. The number of rotatable bonds is 5. The van der Waals surface area contributed by atoms with Crippen LogP contribution in [0.3, 0.4) is 0 Å². The lowest BCUT2D eigenvalue weighted by atomic mass is 10.00. The van der Waals surface area contributed by atoms with Crippen LogP contribution in [0.15, 0.2) is 72.8 Å². The van der Waals surface area contributed by atoms with Crippen LogP contribution < -0.4 is 5.32 Å². The Bertz CT molecular complexity index is 1120. The minimum atomic E-state index is -0.552. The fraction of sp³-hybridized carbons (Fsp3) is 0.130. The van der Waals surface area contributed by atoms with Gasteiger partial charge in [-0.25, -0.2) is 4.79 Å². The molecule has 0 aliphatic carbocycles. The summed E-state index contributed by atoms with van der Waals surface area (Å²) in [5.41, 5.74) is 2.20. The van der Waals surface area contributed by atoms with E-state index in [9.17, 15) is 9.59 Å². The molecule has 1 amide bonds. The number of para-hydroxylation sites is 1. The smallest absolute Gasteiger partial charge is 0.355 e. The molecule has 5 heteroatoms. The van der Waals surface area contributed by atoms with Gasteiger partial charge in [0.2, 0.25) is 0 Å². The third kappa shape index (κ3) is 3.60. The molecular weight excluding hydrogens is 352 g/mol. The Labute approximate surface area is 162 Å². The summed E-state index contributed by atoms with van der Waals surface area (Å²) in [6, 6.07) is 23.1. The zero-order valence-electron chi connectivity index (χ0n) is 15.4. The average Bonchev–Trinajstić information content (AvgIpc) is 3.16. The first-order chi connectivity index (χ1) is 13.6. The molecule has 5 nitrogen and oxygen atoms in total. The number of carbonyl (C=O) groups is 2. The minimum absolute atomic E-state index is 0.203. The topological polar surface area (TPSA) is 71.2 Å². The molecule has 0 saturated heterocycles. The van der Waals surface area contributed by atoms with Crippen LogP contribution in [0.2, 0.25) is 0 Å². The molecule has 140 valence electrons. The summed E-state index contributed by atoms with van der Waals surface area (Å²) < 4.78 is 5.16. The highest BCUT2D eigenvalue weighted by Crippen LogP contribution is 2.24. The van der Waals surface area contributed by atoms with E-state index in [0.717, 1.165) is 27.2 Å². The second-order valence-electron chi connectivity index (χ2n) is 6.70. The number of nitrogens with one attached hydrogen (secondary N) is 2. The highest BCUT2D eigenvalue weighted by Gasteiger charge is 2.16. The lowest BCUT2D eigenvalue weighted by Crippen LogP contribution is -2.31. The van der Waals surface area contributed by atoms with Crippen LogP contribution in [0, 0.1) is 0 Å². The van der Waals surface area contributed by atoms with E-state index in [1.165, 1.54) is 0 Å². The molecular formula is C23H20N2O3. The molecule has 0 bridgehead atoms.